The lowest BCUT2D eigenvalue weighted by molar-refractivity contribution is -0.122. The number of nitrogens with zero attached hydrogens (tertiary/aromatic N) is 3. The van der Waals surface area contributed by atoms with Crippen LogP contribution >= 0.6 is 11.8 Å². The molecule has 8 heteroatoms. The lowest BCUT2D eigenvalue weighted by Gasteiger charge is -2.12. The number of hydrogen-bond acceptors (Lipinski definition) is 5. The molecule has 1 amide bonds. The van der Waals surface area contributed by atoms with Gasteiger partial charge in [0.25, 0.3) is 5.91 Å². The van der Waals surface area contributed by atoms with Gasteiger partial charge in [0, 0.05) is 35.2 Å². The van der Waals surface area contributed by atoms with Crippen molar-refractivity contribution < 1.29 is 18.7 Å². The lowest BCUT2D eigenvalue weighted by atomic mass is 10.1. The average molecular weight is 528 g/mol. The molecule has 192 valence electrons. The molecule has 1 fully saturated rings. The molecule has 38 heavy (non-hydrogen) atoms. The number of fused-ring (bicyclic) bond motifs is 1. The maximum atomic E-state index is 13.8. The summed E-state index contributed by atoms with van der Waals surface area (Å²) in [5.74, 6) is -0.788. The molecule has 0 N–H and O–H groups in total. The molecule has 1 aliphatic rings. The molecule has 5 rings (SSSR count). The Hall–Kier alpha value is -4.17. The normalized spacial score (nSPS) is 15.7. The number of ether oxygens (including phenoxy) is 1. The first-order valence-electron chi connectivity index (χ1n) is 12.2. The zero-order valence-corrected chi connectivity index (χ0v) is 22.1. The fourth-order valence-electron chi connectivity index (χ4n) is 4.56. The second-order valence-electron chi connectivity index (χ2n) is 8.83. The second kappa shape index (κ2) is 10.7. The molecule has 6 nitrogen and oxygen atoms in total. The van der Waals surface area contributed by atoms with E-state index in [1.165, 1.54) is 24.9 Å². The minimum Gasteiger partial charge on any atom is -0.465 e. The minimum atomic E-state index is -0.415. The summed E-state index contributed by atoms with van der Waals surface area (Å²) in [7, 11) is 1.34. The van der Waals surface area contributed by atoms with Gasteiger partial charge >= 0.3 is 5.97 Å². The largest absolute Gasteiger partial charge is 0.465 e. The Morgan fingerprint density at radius 3 is 2.55 bits per heavy atom. The van der Waals surface area contributed by atoms with Gasteiger partial charge in [-0.25, -0.2) is 14.2 Å². The molecule has 0 spiro atoms. The molecule has 0 unspecified atom stereocenters. The van der Waals surface area contributed by atoms with Gasteiger partial charge in [-0.2, -0.15) is 0 Å². The fraction of sp³-hybridized carbons (Fsp3) is 0.167. The highest BCUT2D eigenvalue weighted by atomic mass is 32.2. The van der Waals surface area contributed by atoms with Gasteiger partial charge in [0.05, 0.1) is 23.3 Å². The van der Waals surface area contributed by atoms with Gasteiger partial charge in [-0.3, -0.25) is 9.69 Å². The third-order valence-corrected chi connectivity index (χ3v) is 7.51. The van der Waals surface area contributed by atoms with Crippen LogP contribution in [0, 0.1) is 12.7 Å². The van der Waals surface area contributed by atoms with E-state index in [2.05, 4.69) is 9.56 Å². The first-order chi connectivity index (χ1) is 18.4. The van der Waals surface area contributed by atoms with Crippen molar-refractivity contribution in [2.75, 3.05) is 13.7 Å². The van der Waals surface area contributed by atoms with Crippen molar-refractivity contribution in [3.8, 4) is 0 Å². The molecule has 1 aromatic heterocycles. The molecule has 4 aromatic rings. The number of aliphatic imine (C=N–C) groups is 1. The van der Waals surface area contributed by atoms with E-state index < -0.39 is 5.97 Å². The molecule has 3 aromatic carbocycles. The number of aromatic nitrogens is 1. The average Bonchev–Trinajstić information content (AvgIpc) is 3.36. The second-order valence-corrected chi connectivity index (χ2v) is 9.83. The van der Waals surface area contributed by atoms with Crippen molar-refractivity contribution in [1.29, 1.82) is 0 Å². The number of amidine groups is 1. The van der Waals surface area contributed by atoms with Crippen molar-refractivity contribution in [2.45, 2.75) is 20.4 Å². The summed E-state index contributed by atoms with van der Waals surface area (Å²) in [5, 5.41) is 1.60. The van der Waals surface area contributed by atoms with Gasteiger partial charge in [0.15, 0.2) is 5.17 Å². The van der Waals surface area contributed by atoms with Gasteiger partial charge in [-0.15, -0.1) is 0 Å². The lowest BCUT2D eigenvalue weighted by Crippen LogP contribution is -2.28. The summed E-state index contributed by atoms with van der Waals surface area (Å²) in [6.07, 6.45) is 1.93. The quantitative estimate of drug-likeness (QED) is 0.211. The molecule has 0 atom stereocenters. The number of esters is 1. The van der Waals surface area contributed by atoms with Crippen LogP contribution < -0.4 is 0 Å². The number of amides is 1. The Morgan fingerprint density at radius 1 is 1.08 bits per heavy atom. The van der Waals surface area contributed by atoms with Crippen LogP contribution in [0.3, 0.4) is 0 Å². The van der Waals surface area contributed by atoms with Crippen molar-refractivity contribution >= 4 is 51.5 Å². The molecule has 2 heterocycles. The molecule has 0 radical (unpaired) electrons. The Balaban J connectivity index is 1.51. The number of halogens is 1. The van der Waals surface area contributed by atoms with E-state index in [9.17, 15) is 14.0 Å². The number of likely N-dealkylation sites (N-methyl/N-ethyl adjacent to an activating group) is 1. The van der Waals surface area contributed by atoms with Crippen LogP contribution in [0.4, 0.5) is 10.1 Å². The maximum absolute atomic E-state index is 13.8. The van der Waals surface area contributed by atoms with Gasteiger partial charge in [-0.05, 0) is 79.7 Å². The SMILES string of the molecule is CCN1C(=O)/C(=C\c2c(C)n(Cc3cccc(F)c3)c3ccccc23)SC1=Nc1ccc(C(=O)OC)cc1. The van der Waals surface area contributed by atoms with Gasteiger partial charge < -0.3 is 9.30 Å². The predicted molar refractivity (Wildman–Crippen MR) is 150 cm³/mol. The molecule has 0 bridgehead atoms. The Morgan fingerprint density at radius 2 is 1.84 bits per heavy atom. The van der Waals surface area contributed by atoms with Crippen LogP contribution in [0.25, 0.3) is 17.0 Å². The number of carbonyl (C=O) groups is 2. The number of rotatable bonds is 6. The zero-order chi connectivity index (χ0) is 26.8. The van der Waals surface area contributed by atoms with Gasteiger partial charge in [-0.1, -0.05) is 30.3 Å². The fourth-order valence-corrected chi connectivity index (χ4v) is 5.61. The summed E-state index contributed by atoms with van der Waals surface area (Å²) >= 11 is 1.33. The molecule has 1 aliphatic heterocycles. The molecule has 1 saturated heterocycles. The van der Waals surface area contributed by atoms with E-state index in [1.54, 1.807) is 41.3 Å². The van der Waals surface area contributed by atoms with Gasteiger partial charge in [0.1, 0.15) is 5.82 Å². The maximum Gasteiger partial charge on any atom is 0.337 e. The van der Waals surface area contributed by atoms with Crippen molar-refractivity contribution in [3.05, 3.63) is 106 Å². The number of thioether (sulfide) groups is 1. The highest BCUT2D eigenvalue weighted by Crippen LogP contribution is 2.37. The monoisotopic (exact) mass is 527 g/mol. The molecular weight excluding hydrogens is 501 g/mol. The van der Waals surface area contributed by atoms with Crippen LogP contribution in [0.2, 0.25) is 0 Å². The van der Waals surface area contributed by atoms with Crippen LogP contribution in [0.15, 0.2) is 82.7 Å². The van der Waals surface area contributed by atoms with Crippen LogP contribution in [-0.4, -0.2) is 40.2 Å². The number of methoxy groups -OCH3 is 1. The third kappa shape index (κ3) is 4.87. The van der Waals surface area contributed by atoms with Crippen LogP contribution in [0.1, 0.15) is 34.1 Å². The third-order valence-electron chi connectivity index (χ3n) is 6.50. The van der Waals surface area contributed by atoms with E-state index in [4.69, 9.17) is 4.74 Å². The Kier molecular flexibility index (Phi) is 7.15. The number of para-hydroxylation sites is 1. The van der Waals surface area contributed by atoms with Crippen LogP contribution in [0.5, 0.6) is 0 Å². The summed E-state index contributed by atoms with van der Waals surface area (Å²) in [4.78, 5) is 32.0. The first kappa shape index (κ1) is 25.5. The summed E-state index contributed by atoms with van der Waals surface area (Å²) in [6.45, 7) is 4.92. The highest BCUT2D eigenvalue weighted by Gasteiger charge is 2.32. The minimum absolute atomic E-state index is 0.108. The summed E-state index contributed by atoms with van der Waals surface area (Å²) in [5.41, 5.74) is 4.89. The standard InChI is InChI=1S/C30H26FN3O3S/c1-4-33-28(35)27(38-30(33)32-23-14-12-21(13-15-23)29(36)37-3)17-25-19(2)34(26-11-6-5-10-24(25)26)18-20-8-7-9-22(31)16-20/h5-17H,4,18H2,1-3H3/b27-17+,32-30?. The smallest absolute Gasteiger partial charge is 0.337 e. The van der Waals surface area contributed by atoms with Crippen LogP contribution in [-0.2, 0) is 16.1 Å². The molecule has 0 aliphatic carbocycles. The predicted octanol–water partition coefficient (Wildman–Crippen LogP) is 6.55. The van der Waals surface area contributed by atoms with E-state index in [-0.39, 0.29) is 11.7 Å². The Bertz CT molecular complexity index is 1610. The van der Waals surface area contributed by atoms with Crippen molar-refractivity contribution in [1.82, 2.24) is 9.47 Å². The van der Waals surface area contributed by atoms with Gasteiger partial charge in [0.2, 0.25) is 0 Å². The summed E-state index contributed by atoms with van der Waals surface area (Å²) in [6, 6.07) is 21.4. The zero-order valence-electron chi connectivity index (χ0n) is 21.3. The van der Waals surface area contributed by atoms with Crippen molar-refractivity contribution in [2.24, 2.45) is 4.99 Å². The first-order valence-corrected chi connectivity index (χ1v) is 13.0. The number of benzene rings is 3. The van der Waals surface area contributed by atoms with E-state index in [0.717, 1.165) is 27.7 Å². The number of carbonyl (C=O) groups excluding carboxylic acids is 2. The summed E-state index contributed by atoms with van der Waals surface area (Å²) < 4.78 is 20.7. The molecular formula is C30H26FN3O3S. The van der Waals surface area contributed by atoms with E-state index >= 15 is 0 Å². The number of hydrogen-bond donors (Lipinski definition) is 0. The Labute approximate surface area is 224 Å². The van der Waals surface area contributed by atoms with Crippen molar-refractivity contribution in [3.63, 3.8) is 0 Å². The van der Waals surface area contributed by atoms with E-state index in [1.807, 2.05) is 50.3 Å². The topological polar surface area (TPSA) is 63.9 Å². The molecule has 0 saturated carbocycles. The van der Waals surface area contributed by atoms with E-state index in [0.29, 0.717) is 34.4 Å². The highest BCUT2D eigenvalue weighted by molar-refractivity contribution is 8.18.